The van der Waals surface area contributed by atoms with E-state index in [2.05, 4.69) is 0 Å². The topological polar surface area (TPSA) is 61.8 Å². The molecule has 1 aromatic rings. The highest BCUT2D eigenvalue weighted by Gasteiger charge is 2.30. The Labute approximate surface area is 106 Å². The zero-order valence-corrected chi connectivity index (χ0v) is 10.6. The van der Waals surface area contributed by atoms with E-state index in [1.807, 2.05) is 0 Å². The molecule has 0 amide bonds. The summed E-state index contributed by atoms with van der Waals surface area (Å²) >= 11 is 0. The molecule has 0 aromatic heterocycles. The standard InChI is InChI=1S/C13H16O5/c1-4-18-13(15)12(17-3)11(14)9-7-5-6-8-10(9)16-2/h5-8,12H,4H2,1-3H3. The van der Waals surface area contributed by atoms with Gasteiger partial charge in [0.2, 0.25) is 11.9 Å². The quantitative estimate of drug-likeness (QED) is 0.435. The SMILES string of the molecule is CCOC(=O)C(OC)C(=O)c1ccccc1OC. The van der Waals surface area contributed by atoms with Crippen molar-refractivity contribution < 1.29 is 23.8 Å². The van der Waals surface area contributed by atoms with Gasteiger partial charge in [-0.05, 0) is 19.1 Å². The van der Waals surface area contributed by atoms with Gasteiger partial charge in [0.25, 0.3) is 0 Å². The number of rotatable bonds is 6. The van der Waals surface area contributed by atoms with Crippen molar-refractivity contribution in [2.45, 2.75) is 13.0 Å². The Bertz CT molecular complexity index is 427. The maximum Gasteiger partial charge on any atom is 0.343 e. The van der Waals surface area contributed by atoms with Crippen LogP contribution in [-0.2, 0) is 14.3 Å². The molecule has 98 valence electrons. The van der Waals surface area contributed by atoms with E-state index in [1.165, 1.54) is 14.2 Å². The van der Waals surface area contributed by atoms with E-state index in [4.69, 9.17) is 14.2 Å². The molecule has 1 rings (SSSR count). The average molecular weight is 252 g/mol. The summed E-state index contributed by atoms with van der Waals surface area (Å²) in [6.45, 7) is 1.86. The minimum absolute atomic E-state index is 0.192. The number of para-hydroxylation sites is 1. The molecule has 0 bridgehead atoms. The molecule has 18 heavy (non-hydrogen) atoms. The molecule has 0 saturated carbocycles. The van der Waals surface area contributed by atoms with Crippen LogP contribution in [0.2, 0.25) is 0 Å². The molecule has 0 fully saturated rings. The molecular weight excluding hydrogens is 236 g/mol. The van der Waals surface area contributed by atoms with E-state index in [1.54, 1.807) is 31.2 Å². The van der Waals surface area contributed by atoms with Crippen LogP contribution in [0.4, 0.5) is 0 Å². The molecule has 0 heterocycles. The van der Waals surface area contributed by atoms with Crippen LogP contribution in [0, 0.1) is 0 Å². The number of esters is 1. The predicted octanol–water partition coefficient (Wildman–Crippen LogP) is 1.46. The van der Waals surface area contributed by atoms with Gasteiger partial charge >= 0.3 is 5.97 Å². The Kier molecular flexibility index (Phi) is 5.32. The van der Waals surface area contributed by atoms with Gasteiger partial charge in [-0.1, -0.05) is 12.1 Å². The summed E-state index contributed by atoms with van der Waals surface area (Å²) in [5.41, 5.74) is 0.292. The number of hydrogen-bond acceptors (Lipinski definition) is 5. The summed E-state index contributed by atoms with van der Waals surface area (Å²) in [7, 11) is 2.74. The lowest BCUT2D eigenvalue weighted by atomic mass is 10.1. The number of ketones is 1. The summed E-state index contributed by atoms with van der Waals surface area (Å²) < 4.78 is 14.8. The first-order valence-corrected chi connectivity index (χ1v) is 5.52. The number of carbonyl (C=O) groups is 2. The minimum atomic E-state index is -1.26. The van der Waals surface area contributed by atoms with Crippen LogP contribution in [-0.4, -0.2) is 38.7 Å². The highest BCUT2D eigenvalue weighted by atomic mass is 16.6. The van der Waals surface area contributed by atoms with Gasteiger partial charge in [0.05, 0.1) is 19.3 Å². The number of hydrogen-bond donors (Lipinski definition) is 0. The molecule has 0 radical (unpaired) electrons. The van der Waals surface area contributed by atoms with Crippen LogP contribution in [0.1, 0.15) is 17.3 Å². The highest BCUT2D eigenvalue weighted by molar-refractivity contribution is 6.12. The predicted molar refractivity (Wildman–Crippen MR) is 64.8 cm³/mol. The molecule has 1 unspecified atom stereocenters. The van der Waals surface area contributed by atoms with Crippen molar-refractivity contribution in [2.75, 3.05) is 20.8 Å². The Hall–Kier alpha value is -1.88. The van der Waals surface area contributed by atoms with Gasteiger partial charge in [-0.15, -0.1) is 0 Å². The van der Waals surface area contributed by atoms with Gasteiger partial charge in [-0.3, -0.25) is 4.79 Å². The molecule has 0 N–H and O–H groups in total. The molecule has 1 atom stereocenters. The van der Waals surface area contributed by atoms with Crippen molar-refractivity contribution in [2.24, 2.45) is 0 Å². The van der Waals surface area contributed by atoms with Crippen molar-refractivity contribution in [3.8, 4) is 5.75 Å². The Morgan fingerprint density at radius 3 is 2.44 bits per heavy atom. The molecule has 1 aromatic carbocycles. The molecule has 0 saturated heterocycles. The number of carbonyl (C=O) groups excluding carboxylic acids is 2. The zero-order valence-electron chi connectivity index (χ0n) is 10.6. The Morgan fingerprint density at radius 1 is 1.22 bits per heavy atom. The second kappa shape index (κ2) is 6.76. The van der Waals surface area contributed by atoms with Crippen molar-refractivity contribution >= 4 is 11.8 Å². The van der Waals surface area contributed by atoms with Crippen LogP contribution < -0.4 is 4.74 Å². The van der Waals surface area contributed by atoms with Gasteiger partial charge in [-0.25, -0.2) is 4.79 Å². The molecule has 0 aliphatic carbocycles. The zero-order chi connectivity index (χ0) is 13.5. The van der Waals surface area contributed by atoms with Crippen LogP contribution >= 0.6 is 0 Å². The lowest BCUT2D eigenvalue weighted by Crippen LogP contribution is -2.34. The van der Waals surface area contributed by atoms with Gasteiger partial charge in [0.15, 0.2) is 0 Å². The lowest BCUT2D eigenvalue weighted by molar-refractivity contribution is -0.151. The number of benzene rings is 1. The highest BCUT2D eigenvalue weighted by Crippen LogP contribution is 2.20. The van der Waals surface area contributed by atoms with Crippen LogP contribution in [0.5, 0.6) is 5.75 Å². The second-order valence-electron chi connectivity index (χ2n) is 3.43. The van der Waals surface area contributed by atoms with E-state index < -0.39 is 17.9 Å². The van der Waals surface area contributed by atoms with E-state index in [0.29, 0.717) is 11.3 Å². The van der Waals surface area contributed by atoms with Crippen molar-refractivity contribution in [1.82, 2.24) is 0 Å². The number of ether oxygens (including phenoxy) is 3. The fourth-order valence-electron chi connectivity index (χ4n) is 1.52. The molecular formula is C13H16O5. The van der Waals surface area contributed by atoms with Crippen molar-refractivity contribution in [3.63, 3.8) is 0 Å². The monoisotopic (exact) mass is 252 g/mol. The first-order valence-electron chi connectivity index (χ1n) is 5.52. The second-order valence-corrected chi connectivity index (χ2v) is 3.43. The summed E-state index contributed by atoms with van der Waals surface area (Å²) in [6.07, 6.45) is -1.26. The summed E-state index contributed by atoms with van der Waals surface area (Å²) in [4.78, 5) is 23.7. The third-order valence-electron chi connectivity index (χ3n) is 2.35. The maximum absolute atomic E-state index is 12.2. The Balaban J connectivity index is 3.00. The van der Waals surface area contributed by atoms with E-state index in [-0.39, 0.29) is 6.61 Å². The largest absolute Gasteiger partial charge is 0.496 e. The average Bonchev–Trinajstić information content (AvgIpc) is 2.39. The Morgan fingerprint density at radius 2 is 1.89 bits per heavy atom. The summed E-state index contributed by atoms with van der Waals surface area (Å²) in [6, 6.07) is 6.65. The van der Waals surface area contributed by atoms with Crippen LogP contribution in [0.15, 0.2) is 24.3 Å². The first kappa shape index (κ1) is 14.2. The minimum Gasteiger partial charge on any atom is -0.496 e. The van der Waals surface area contributed by atoms with E-state index in [9.17, 15) is 9.59 Å². The molecule has 0 aliphatic rings. The molecule has 0 spiro atoms. The van der Waals surface area contributed by atoms with Gasteiger partial charge < -0.3 is 14.2 Å². The van der Waals surface area contributed by atoms with E-state index in [0.717, 1.165) is 0 Å². The molecule has 0 aliphatic heterocycles. The maximum atomic E-state index is 12.2. The summed E-state index contributed by atoms with van der Waals surface area (Å²) in [5, 5.41) is 0. The van der Waals surface area contributed by atoms with Crippen LogP contribution in [0.25, 0.3) is 0 Å². The fraction of sp³-hybridized carbons (Fsp3) is 0.385. The van der Waals surface area contributed by atoms with Gasteiger partial charge in [-0.2, -0.15) is 0 Å². The molecule has 5 nitrogen and oxygen atoms in total. The lowest BCUT2D eigenvalue weighted by Gasteiger charge is -2.14. The van der Waals surface area contributed by atoms with Gasteiger partial charge in [0, 0.05) is 7.11 Å². The summed E-state index contributed by atoms with van der Waals surface area (Å²) in [5.74, 6) is -0.779. The smallest absolute Gasteiger partial charge is 0.343 e. The first-order chi connectivity index (χ1) is 8.65. The fourth-order valence-corrected chi connectivity index (χ4v) is 1.52. The molecule has 5 heteroatoms. The number of Topliss-reactive ketones (excluding diaryl/α,β-unsaturated/α-hetero) is 1. The van der Waals surface area contributed by atoms with Crippen LogP contribution in [0.3, 0.4) is 0 Å². The van der Waals surface area contributed by atoms with E-state index >= 15 is 0 Å². The van der Waals surface area contributed by atoms with Crippen molar-refractivity contribution in [1.29, 1.82) is 0 Å². The third-order valence-corrected chi connectivity index (χ3v) is 2.35. The normalized spacial score (nSPS) is 11.7. The van der Waals surface area contributed by atoms with Gasteiger partial charge in [0.1, 0.15) is 5.75 Å². The van der Waals surface area contributed by atoms with Crippen molar-refractivity contribution in [3.05, 3.63) is 29.8 Å². The number of methoxy groups -OCH3 is 2. The third kappa shape index (κ3) is 3.07.